The van der Waals surface area contributed by atoms with E-state index >= 15 is 0 Å². The van der Waals surface area contributed by atoms with Crippen molar-refractivity contribution in [2.24, 2.45) is 15.1 Å². The Morgan fingerprint density at radius 1 is 1.31 bits per heavy atom. The molecule has 1 aliphatic heterocycles. The first-order valence-corrected chi connectivity index (χ1v) is 12.2. The van der Waals surface area contributed by atoms with Crippen molar-refractivity contribution in [1.82, 2.24) is 5.32 Å². The maximum absolute atomic E-state index is 12.8. The number of carbonyl (C=O) groups is 1. The predicted molar refractivity (Wildman–Crippen MR) is 124 cm³/mol. The van der Waals surface area contributed by atoms with E-state index in [2.05, 4.69) is 26.1 Å². The molecule has 32 heavy (non-hydrogen) atoms. The van der Waals surface area contributed by atoms with Crippen molar-refractivity contribution in [2.75, 3.05) is 38.7 Å². The smallest absolute Gasteiger partial charge is 0.322 e. The summed E-state index contributed by atoms with van der Waals surface area (Å²) < 4.78 is 27.8. The number of nitrogens with two attached hydrogens (primary N) is 1. The number of benzene rings is 1. The molecule has 1 aromatic rings. The zero-order chi connectivity index (χ0) is 22.5. The van der Waals surface area contributed by atoms with Crippen LogP contribution in [0.2, 0.25) is 0 Å². The van der Waals surface area contributed by atoms with Crippen LogP contribution in [0, 0.1) is 0 Å². The van der Waals surface area contributed by atoms with Gasteiger partial charge in [0.2, 0.25) is 0 Å². The maximum atomic E-state index is 12.8. The van der Waals surface area contributed by atoms with Crippen LogP contribution in [0.15, 0.2) is 26.5 Å². The monoisotopic (exact) mass is 460 g/mol. The maximum Gasteiger partial charge on any atom is 0.322 e. The summed E-state index contributed by atoms with van der Waals surface area (Å²) in [7, 11) is -0.181. The van der Waals surface area contributed by atoms with Gasteiger partial charge in [-0.05, 0) is 78.9 Å². The molecule has 2 amide bonds. The normalized spacial score (nSPS) is 21.0. The standard InChI is InChI=1S/C22H30N5O4S/c1-24-8-9-30-16-12-25-21(31-13-16)19(11-23)32(29)27-22(28)26-20-17-6-2-4-14(17)10-15-5-3-7-18(15)20/h10-11,16,24H,2-9,12-13,23H2,1H3,(H,26,28)/q-1. The van der Waals surface area contributed by atoms with E-state index in [0.717, 1.165) is 57.0 Å². The highest BCUT2D eigenvalue weighted by molar-refractivity contribution is 7.80. The van der Waals surface area contributed by atoms with Crippen LogP contribution < -0.4 is 16.4 Å². The number of nitrogens with one attached hydrogen (secondary N) is 2. The molecule has 3 aliphatic rings. The summed E-state index contributed by atoms with van der Waals surface area (Å²) in [6.45, 7) is 1.91. The number of rotatable bonds is 7. The Kier molecular flexibility index (Phi) is 7.44. The Morgan fingerprint density at radius 2 is 2.03 bits per heavy atom. The van der Waals surface area contributed by atoms with E-state index in [0.29, 0.717) is 13.2 Å². The van der Waals surface area contributed by atoms with Crippen LogP contribution in [-0.4, -0.2) is 51.4 Å². The van der Waals surface area contributed by atoms with Crippen molar-refractivity contribution in [2.45, 2.75) is 44.6 Å². The Morgan fingerprint density at radius 3 is 2.62 bits per heavy atom. The van der Waals surface area contributed by atoms with Crippen molar-refractivity contribution in [3.05, 3.63) is 39.4 Å². The van der Waals surface area contributed by atoms with Crippen molar-refractivity contribution < 1.29 is 18.5 Å². The minimum Gasteiger partial charge on any atom is -0.476 e. The molecule has 0 saturated carbocycles. The molecule has 1 atom stereocenters. The van der Waals surface area contributed by atoms with E-state index < -0.39 is 16.6 Å². The van der Waals surface area contributed by atoms with Gasteiger partial charge >= 0.3 is 6.03 Å². The largest absolute Gasteiger partial charge is 0.476 e. The minimum absolute atomic E-state index is 0.0809. The van der Waals surface area contributed by atoms with E-state index in [1.54, 1.807) is 0 Å². The number of aliphatic imine (C=N–C) groups is 1. The molecule has 0 bridgehead atoms. The number of anilines is 1. The van der Waals surface area contributed by atoms with Gasteiger partial charge in [-0.1, -0.05) is 6.07 Å². The number of amides is 2. The van der Waals surface area contributed by atoms with Crippen LogP contribution in [0.4, 0.5) is 10.5 Å². The minimum atomic E-state index is -2.03. The van der Waals surface area contributed by atoms with Gasteiger partial charge in [0.15, 0.2) is 5.90 Å². The van der Waals surface area contributed by atoms with Gasteiger partial charge in [-0.15, -0.1) is 10.6 Å². The fraction of sp³-hybridized carbons (Fsp3) is 0.545. The molecular formula is C22H30N5O4S-. The number of likely N-dealkylation sites (N-methyl/N-ethyl adjacent to an activating group) is 1. The number of nitrogens with zero attached hydrogens (tertiary/aromatic N) is 2. The summed E-state index contributed by atoms with van der Waals surface area (Å²) in [6, 6.07) is 1.64. The Bertz CT molecular complexity index is 997. The van der Waals surface area contributed by atoms with Crippen LogP contribution in [0.5, 0.6) is 0 Å². The Balaban J connectivity index is 1.45. The molecule has 1 aromatic carbocycles. The number of aryl methyl sites for hydroxylation is 2. The summed E-state index contributed by atoms with van der Waals surface area (Å²) in [5, 5.41) is 5.92. The van der Waals surface area contributed by atoms with E-state index in [1.807, 2.05) is 7.05 Å². The van der Waals surface area contributed by atoms with Gasteiger partial charge in [0.05, 0.1) is 13.2 Å². The molecule has 9 nitrogen and oxygen atoms in total. The Labute approximate surface area is 190 Å². The fourth-order valence-electron chi connectivity index (χ4n) is 4.46. The number of hydrogen-bond acceptors (Lipinski definition) is 8. The number of urea groups is 1. The van der Waals surface area contributed by atoms with E-state index in [1.165, 1.54) is 22.3 Å². The van der Waals surface area contributed by atoms with Gasteiger partial charge in [-0.25, -0.2) is 4.79 Å². The van der Waals surface area contributed by atoms with E-state index in [-0.39, 0.29) is 23.5 Å². The lowest BCUT2D eigenvalue weighted by atomic mass is 9.99. The van der Waals surface area contributed by atoms with Gasteiger partial charge in [-0.3, -0.25) is 4.99 Å². The molecule has 0 saturated heterocycles. The zero-order valence-electron chi connectivity index (χ0n) is 18.3. The summed E-state index contributed by atoms with van der Waals surface area (Å²) in [5.41, 5.74) is 11.5. The average molecular weight is 461 g/mol. The van der Waals surface area contributed by atoms with E-state index in [4.69, 9.17) is 15.2 Å². The topological polar surface area (TPSA) is 127 Å². The number of fused-ring (bicyclic) bond motifs is 2. The van der Waals surface area contributed by atoms with Crippen molar-refractivity contribution in [1.29, 1.82) is 0 Å². The van der Waals surface area contributed by atoms with Crippen LogP contribution in [0.1, 0.15) is 35.1 Å². The molecule has 10 heteroatoms. The highest BCUT2D eigenvalue weighted by Crippen LogP contribution is 2.38. The quantitative estimate of drug-likeness (QED) is 0.423. The molecule has 1 unspecified atom stereocenters. The summed E-state index contributed by atoms with van der Waals surface area (Å²) in [4.78, 5) is 17.0. The third kappa shape index (κ3) is 4.97. The summed E-state index contributed by atoms with van der Waals surface area (Å²) in [6.07, 6.45) is 7.07. The fourth-order valence-corrected chi connectivity index (χ4v) is 5.14. The second-order valence-corrected chi connectivity index (χ2v) is 9.21. The molecule has 4 rings (SSSR count). The molecule has 0 spiro atoms. The molecule has 0 fully saturated rings. The molecule has 1 heterocycles. The van der Waals surface area contributed by atoms with Crippen molar-refractivity contribution in [3.63, 3.8) is 0 Å². The highest BCUT2D eigenvalue weighted by Gasteiger charge is 2.24. The van der Waals surface area contributed by atoms with Crippen LogP contribution in [-0.2, 0) is 50.0 Å². The summed E-state index contributed by atoms with van der Waals surface area (Å²) in [5.74, 6) is 0.136. The molecule has 0 aromatic heterocycles. The number of hydrogen-bond donors (Lipinski definition) is 3. The lowest BCUT2D eigenvalue weighted by Crippen LogP contribution is -2.33. The molecule has 4 N–H and O–H groups in total. The average Bonchev–Trinajstić information content (AvgIpc) is 3.45. The predicted octanol–water partition coefficient (Wildman–Crippen LogP) is 2.18. The molecule has 2 aliphatic carbocycles. The van der Waals surface area contributed by atoms with Gasteiger partial charge in [0.1, 0.15) is 12.7 Å². The molecule has 174 valence electrons. The van der Waals surface area contributed by atoms with E-state index in [9.17, 15) is 9.00 Å². The second-order valence-electron chi connectivity index (χ2n) is 8.09. The third-order valence-electron chi connectivity index (χ3n) is 5.97. The van der Waals surface area contributed by atoms with Crippen molar-refractivity contribution >= 4 is 28.2 Å². The molecule has 0 radical (unpaired) electrons. The SMILES string of the molecule is CNCCOC1CN=C(C(=CN)[S-](=O)=NC(=O)Nc2c3c(cc4c2CCC4)CCC3)OC1. The third-order valence-corrected chi connectivity index (χ3v) is 6.99. The van der Waals surface area contributed by atoms with Crippen molar-refractivity contribution in [3.8, 4) is 0 Å². The first-order chi connectivity index (χ1) is 15.6. The van der Waals surface area contributed by atoms with Gasteiger partial charge in [0.25, 0.3) is 0 Å². The second kappa shape index (κ2) is 10.5. The highest BCUT2D eigenvalue weighted by atomic mass is 32.2. The van der Waals surface area contributed by atoms with Gasteiger partial charge < -0.3 is 34.4 Å². The van der Waals surface area contributed by atoms with Crippen LogP contribution in [0.25, 0.3) is 0 Å². The summed E-state index contributed by atoms with van der Waals surface area (Å²) >= 11 is 0. The lowest BCUT2D eigenvalue weighted by molar-refractivity contribution is 0.0175. The van der Waals surface area contributed by atoms with Crippen LogP contribution in [0.3, 0.4) is 0 Å². The first kappa shape index (κ1) is 22.8. The van der Waals surface area contributed by atoms with Gasteiger partial charge in [-0.2, -0.15) is 0 Å². The lowest BCUT2D eigenvalue weighted by Gasteiger charge is -2.24. The molecular weight excluding hydrogens is 430 g/mol. The Hall–Kier alpha value is -2.43. The first-order valence-electron chi connectivity index (χ1n) is 11.1. The van der Waals surface area contributed by atoms with Crippen LogP contribution >= 0.6 is 0 Å². The number of carbonyl (C=O) groups excluding carboxylic acids is 1. The number of ether oxygens (including phenoxy) is 2. The zero-order valence-corrected chi connectivity index (χ0v) is 19.1. The van der Waals surface area contributed by atoms with Gasteiger partial charge in [0, 0.05) is 12.2 Å².